The Balaban J connectivity index is 1.57. The number of fused-ring (bicyclic) bond motifs is 1. The van der Waals surface area contributed by atoms with Gasteiger partial charge < -0.3 is 15.0 Å². The Labute approximate surface area is 126 Å². The molecule has 1 aromatic carbocycles. The molecule has 2 heterocycles. The van der Waals surface area contributed by atoms with Crippen LogP contribution in [0.4, 0.5) is 0 Å². The summed E-state index contributed by atoms with van der Waals surface area (Å²) in [6, 6.07) is 8.12. The molecule has 0 aliphatic carbocycles. The van der Waals surface area contributed by atoms with Crippen molar-refractivity contribution in [3.05, 3.63) is 29.8 Å². The van der Waals surface area contributed by atoms with Crippen LogP contribution in [0.5, 0.6) is 5.75 Å². The maximum Gasteiger partial charge on any atom is 0.239 e. The molecule has 0 aromatic heterocycles. The number of carbonyl (C=O) groups is 1. The van der Waals surface area contributed by atoms with Crippen molar-refractivity contribution in [3.63, 3.8) is 0 Å². The fourth-order valence-electron chi connectivity index (χ4n) is 3.25. The van der Waals surface area contributed by atoms with Crippen LogP contribution in [-0.4, -0.2) is 43.1 Å². The van der Waals surface area contributed by atoms with Crippen LogP contribution in [0.15, 0.2) is 24.3 Å². The zero-order chi connectivity index (χ0) is 14.7. The van der Waals surface area contributed by atoms with Gasteiger partial charge in [0.15, 0.2) is 0 Å². The van der Waals surface area contributed by atoms with E-state index in [-0.39, 0.29) is 11.9 Å². The van der Waals surface area contributed by atoms with Gasteiger partial charge in [-0.15, -0.1) is 0 Å². The van der Waals surface area contributed by atoms with Crippen molar-refractivity contribution in [2.75, 3.05) is 26.2 Å². The summed E-state index contributed by atoms with van der Waals surface area (Å²) in [5.74, 6) is 1.67. The molecule has 1 fully saturated rings. The predicted octanol–water partition coefficient (Wildman–Crippen LogP) is 2.15. The van der Waals surface area contributed by atoms with Crippen LogP contribution in [0, 0.1) is 0 Å². The number of nitrogens with zero attached hydrogens (tertiary/aromatic N) is 1. The molecule has 0 saturated carbocycles. The number of nitrogens with one attached hydrogen (secondary N) is 1. The van der Waals surface area contributed by atoms with E-state index in [1.807, 2.05) is 24.0 Å². The highest BCUT2D eigenvalue weighted by atomic mass is 16.5. The fraction of sp³-hybridized carbons (Fsp3) is 0.588. The highest BCUT2D eigenvalue weighted by molar-refractivity contribution is 5.81. The number of carbonyl (C=O) groups excluding carboxylic acids is 1. The molecule has 4 heteroatoms. The summed E-state index contributed by atoms with van der Waals surface area (Å²) in [5.41, 5.74) is 1.26. The minimum absolute atomic E-state index is 0.0990. The number of ether oxygens (including phenoxy) is 1. The van der Waals surface area contributed by atoms with E-state index >= 15 is 0 Å². The Kier molecular flexibility index (Phi) is 4.44. The average Bonchev–Trinajstić information content (AvgIpc) is 3.06. The molecule has 1 amide bonds. The smallest absolute Gasteiger partial charge is 0.239 e. The van der Waals surface area contributed by atoms with Crippen LogP contribution >= 0.6 is 0 Å². The average molecular weight is 288 g/mol. The van der Waals surface area contributed by atoms with Crippen LogP contribution in [0.25, 0.3) is 0 Å². The zero-order valence-electron chi connectivity index (χ0n) is 12.7. The van der Waals surface area contributed by atoms with Gasteiger partial charge in [0.25, 0.3) is 0 Å². The third kappa shape index (κ3) is 3.21. The maximum absolute atomic E-state index is 12.3. The van der Waals surface area contributed by atoms with E-state index in [1.165, 1.54) is 5.56 Å². The predicted molar refractivity (Wildman–Crippen MR) is 82.6 cm³/mol. The van der Waals surface area contributed by atoms with E-state index in [4.69, 9.17) is 4.74 Å². The first-order valence-corrected chi connectivity index (χ1v) is 7.99. The minimum Gasteiger partial charge on any atom is -0.493 e. The molecule has 0 bridgehead atoms. The van der Waals surface area contributed by atoms with Gasteiger partial charge in [-0.05, 0) is 37.8 Å². The molecule has 21 heavy (non-hydrogen) atoms. The van der Waals surface area contributed by atoms with Crippen molar-refractivity contribution in [1.29, 1.82) is 0 Å². The highest BCUT2D eigenvalue weighted by Gasteiger charge is 2.25. The number of amides is 1. The number of likely N-dealkylation sites (tertiary alicyclic amines) is 1. The van der Waals surface area contributed by atoms with Gasteiger partial charge in [-0.3, -0.25) is 4.79 Å². The van der Waals surface area contributed by atoms with Crippen LogP contribution in [0.1, 0.15) is 37.7 Å². The molecule has 1 aromatic rings. The van der Waals surface area contributed by atoms with E-state index < -0.39 is 0 Å². The Morgan fingerprint density at radius 2 is 2.14 bits per heavy atom. The SMILES string of the molecule is CC(NCC1CCOc2ccccc21)C(=O)N1CCCC1. The molecule has 2 atom stereocenters. The molecule has 1 N–H and O–H groups in total. The van der Waals surface area contributed by atoms with E-state index in [0.29, 0.717) is 5.92 Å². The van der Waals surface area contributed by atoms with Crippen LogP contribution < -0.4 is 10.1 Å². The van der Waals surface area contributed by atoms with Crippen LogP contribution in [0.3, 0.4) is 0 Å². The van der Waals surface area contributed by atoms with Gasteiger partial charge in [-0.1, -0.05) is 18.2 Å². The lowest BCUT2D eigenvalue weighted by molar-refractivity contribution is -0.131. The standard InChI is InChI=1S/C17H24N2O2/c1-13(17(20)19-9-4-5-10-19)18-12-14-8-11-21-16-7-3-2-6-15(14)16/h2-3,6-7,13-14,18H,4-5,8-12H2,1H3. The summed E-state index contributed by atoms with van der Waals surface area (Å²) >= 11 is 0. The minimum atomic E-state index is -0.0990. The van der Waals surface area contributed by atoms with Crippen molar-refractivity contribution >= 4 is 5.91 Å². The summed E-state index contributed by atoms with van der Waals surface area (Å²) < 4.78 is 5.69. The molecule has 114 valence electrons. The Morgan fingerprint density at radius 1 is 1.38 bits per heavy atom. The summed E-state index contributed by atoms with van der Waals surface area (Å²) in [5, 5.41) is 3.42. The van der Waals surface area contributed by atoms with Crippen molar-refractivity contribution in [1.82, 2.24) is 10.2 Å². The van der Waals surface area contributed by atoms with Gasteiger partial charge in [0, 0.05) is 25.6 Å². The molecular weight excluding hydrogens is 264 g/mol. The monoisotopic (exact) mass is 288 g/mol. The fourth-order valence-corrected chi connectivity index (χ4v) is 3.25. The largest absolute Gasteiger partial charge is 0.493 e. The van der Waals surface area contributed by atoms with Gasteiger partial charge >= 0.3 is 0 Å². The van der Waals surface area contributed by atoms with Gasteiger partial charge in [0.1, 0.15) is 5.75 Å². The first-order valence-electron chi connectivity index (χ1n) is 7.99. The lowest BCUT2D eigenvalue weighted by atomic mass is 9.93. The van der Waals surface area contributed by atoms with Gasteiger partial charge in [0.05, 0.1) is 12.6 Å². The van der Waals surface area contributed by atoms with Gasteiger partial charge in [-0.2, -0.15) is 0 Å². The second-order valence-electron chi connectivity index (χ2n) is 6.03. The zero-order valence-corrected chi connectivity index (χ0v) is 12.7. The number of hydrogen-bond donors (Lipinski definition) is 1. The topological polar surface area (TPSA) is 41.6 Å². The first kappa shape index (κ1) is 14.4. The molecule has 4 nitrogen and oxygen atoms in total. The lowest BCUT2D eigenvalue weighted by Gasteiger charge is -2.28. The van der Waals surface area contributed by atoms with Gasteiger partial charge in [-0.25, -0.2) is 0 Å². The van der Waals surface area contributed by atoms with E-state index in [0.717, 1.165) is 51.3 Å². The molecule has 1 saturated heterocycles. The second kappa shape index (κ2) is 6.48. The van der Waals surface area contributed by atoms with Crippen molar-refractivity contribution in [2.24, 2.45) is 0 Å². The summed E-state index contributed by atoms with van der Waals surface area (Å²) in [4.78, 5) is 14.3. The van der Waals surface area contributed by atoms with E-state index in [9.17, 15) is 4.79 Å². The quantitative estimate of drug-likeness (QED) is 0.923. The maximum atomic E-state index is 12.3. The summed E-state index contributed by atoms with van der Waals surface area (Å²) in [6.45, 7) is 5.42. The molecule has 3 rings (SSSR count). The molecule has 2 aliphatic rings. The van der Waals surface area contributed by atoms with Crippen LogP contribution in [-0.2, 0) is 4.79 Å². The van der Waals surface area contributed by atoms with Crippen molar-refractivity contribution in [2.45, 2.75) is 38.1 Å². The van der Waals surface area contributed by atoms with E-state index in [1.54, 1.807) is 0 Å². The number of benzene rings is 1. The number of rotatable bonds is 4. The Hall–Kier alpha value is -1.55. The molecule has 2 unspecified atom stereocenters. The second-order valence-corrected chi connectivity index (χ2v) is 6.03. The number of hydrogen-bond acceptors (Lipinski definition) is 3. The third-order valence-corrected chi connectivity index (χ3v) is 4.54. The molecule has 0 radical (unpaired) electrons. The molecule has 2 aliphatic heterocycles. The van der Waals surface area contributed by atoms with E-state index in [2.05, 4.69) is 17.4 Å². The molecular formula is C17H24N2O2. The molecule has 0 spiro atoms. The number of para-hydroxylation sites is 1. The third-order valence-electron chi connectivity index (χ3n) is 4.54. The lowest BCUT2D eigenvalue weighted by Crippen LogP contribution is -2.45. The van der Waals surface area contributed by atoms with Gasteiger partial charge in [0.2, 0.25) is 5.91 Å². The van der Waals surface area contributed by atoms with Crippen molar-refractivity contribution in [3.8, 4) is 5.75 Å². The Bertz CT molecular complexity index is 497. The van der Waals surface area contributed by atoms with Crippen LogP contribution in [0.2, 0.25) is 0 Å². The summed E-state index contributed by atoms with van der Waals surface area (Å²) in [6.07, 6.45) is 3.30. The normalized spacial score (nSPS) is 22.5. The Morgan fingerprint density at radius 3 is 2.95 bits per heavy atom. The summed E-state index contributed by atoms with van der Waals surface area (Å²) in [7, 11) is 0. The first-order chi connectivity index (χ1) is 10.3. The highest BCUT2D eigenvalue weighted by Crippen LogP contribution is 2.32. The van der Waals surface area contributed by atoms with Crippen molar-refractivity contribution < 1.29 is 9.53 Å².